The molecule has 23 heavy (non-hydrogen) atoms. The SMILES string of the molecule is COc1cccc2c1C1CCN(CCc3ccccc3)[C@@H]1CC2. The minimum Gasteiger partial charge on any atom is -0.496 e. The monoisotopic (exact) mass is 307 g/mol. The summed E-state index contributed by atoms with van der Waals surface area (Å²) in [7, 11) is 1.81. The molecule has 1 aliphatic heterocycles. The number of fused-ring (bicyclic) bond motifs is 3. The molecule has 2 heteroatoms. The van der Waals surface area contributed by atoms with Crippen LogP contribution in [0.5, 0.6) is 5.75 Å². The second-order valence-corrected chi connectivity index (χ2v) is 6.81. The number of aryl methyl sites for hydroxylation is 1. The van der Waals surface area contributed by atoms with Crippen LogP contribution in [-0.2, 0) is 12.8 Å². The summed E-state index contributed by atoms with van der Waals surface area (Å²) in [5.41, 5.74) is 4.45. The van der Waals surface area contributed by atoms with Gasteiger partial charge in [0.15, 0.2) is 0 Å². The molecule has 0 saturated carbocycles. The second kappa shape index (κ2) is 6.37. The van der Waals surface area contributed by atoms with Crippen molar-refractivity contribution in [2.45, 2.75) is 37.6 Å². The summed E-state index contributed by atoms with van der Waals surface area (Å²) in [4.78, 5) is 2.72. The van der Waals surface area contributed by atoms with Gasteiger partial charge in [0.05, 0.1) is 7.11 Å². The molecule has 0 aromatic heterocycles. The maximum atomic E-state index is 5.67. The molecular formula is C21H25NO. The predicted molar refractivity (Wildman–Crippen MR) is 94.2 cm³/mol. The summed E-state index contributed by atoms with van der Waals surface area (Å²) < 4.78 is 5.67. The fourth-order valence-corrected chi connectivity index (χ4v) is 4.54. The summed E-state index contributed by atoms with van der Waals surface area (Å²) in [6.45, 7) is 2.40. The Morgan fingerprint density at radius 2 is 1.91 bits per heavy atom. The van der Waals surface area contributed by atoms with Crippen LogP contribution < -0.4 is 4.74 Å². The van der Waals surface area contributed by atoms with Crippen molar-refractivity contribution in [2.75, 3.05) is 20.2 Å². The van der Waals surface area contributed by atoms with Crippen molar-refractivity contribution in [3.63, 3.8) is 0 Å². The molecule has 2 atom stereocenters. The Kier molecular flexibility index (Phi) is 4.09. The van der Waals surface area contributed by atoms with E-state index in [2.05, 4.69) is 53.4 Å². The minimum atomic E-state index is 0.658. The number of rotatable bonds is 4. The molecule has 2 nitrogen and oxygen atoms in total. The van der Waals surface area contributed by atoms with Crippen molar-refractivity contribution in [1.29, 1.82) is 0 Å². The third kappa shape index (κ3) is 2.76. The van der Waals surface area contributed by atoms with Gasteiger partial charge in [0.25, 0.3) is 0 Å². The van der Waals surface area contributed by atoms with Gasteiger partial charge in [-0.1, -0.05) is 42.5 Å². The van der Waals surface area contributed by atoms with E-state index in [1.54, 1.807) is 7.11 Å². The van der Waals surface area contributed by atoms with Gasteiger partial charge < -0.3 is 4.74 Å². The molecule has 2 aromatic carbocycles. The van der Waals surface area contributed by atoms with Crippen molar-refractivity contribution in [2.24, 2.45) is 0 Å². The first-order valence-corrected chi connectivity index (χ1v) is 8.80. The molecule has 1 fully saturated rings. The molecule has 1 heterocycles. The van der Waals surface area contributed by atoms with Crippen LogP contribution in [0.25, 0.3) is 0 Å². The lowest BCUT2D eigenvalue weighted by Gasteiger charge is -2.34. The highest BCUT2D eigenvalue weighted by Gasteiger charge is 2.39. The lowest BCUT2D eigenvalue weighted by molar-refractivity contribution is 0.228. The Labute approximate surface area is 139 Å². The number of nitrogens with zero attached hydrogens (tertiary/aromatic N) is 1. The Morgan fingerprint density at radius 3 is 2.74 bits per heavy atom. The van der Waals surface area contributed by atoms with Gasteiger partial charge in [-0.3, -0.25) is 4.90 Å². The van der Waals surface area contributed by atoms with Crippen molar-refractivity contribution < 1.29 is 4.74 Å². The molecule has 1 unspecified atom stereocenters. The fourth-order valence-electron chi connectivity index (χ4n) is 4.54. The summed E-state index contributed by atoms with van der Waals surface area (Å²) in [5.74, 6) is 1.76. The summed E-state index contributed by atoms with van der Waals surface area (Å²) in [5, 5.41) is 0. The average molecular weight is 307 g/mol. The number of hydrogen-bond donors (Lipinski definition) is 0. The van der Waals surface area contributed by atoms with Crippen molar-refractivity contribution >= 4 is 0 Å². The lowest BCUT2D eigenvalue weighted by atomic mass is 9.79. The Morgan fingerprint density at radius 1 is 1.04 bits per heavy atom. The lowest BCUT2D eigenvalue weighted by Crippen LogP contribution is -2.36. The Balaban J connectivity index is 1.51. The highest BCUT2D eigenvalue weighted by atomic mass is 16.5. The van der Waals surface area contributed by atoms with Gasteiger partial charge in [0, 0.05) is 24.1 Å². The van der Waals surface area contributed by atoms with Gasteiger partial charge in [-0.15, -0.1) is 0 Å². The van der Waals surface area contributed by atoms with Crippen LogP contribution in [0, 0.1) is 0 Å². The quantitative estimate of drug-likeness (QED) is 0.845. The molecule has 2 aromatic rings. The number of ether oxygens (including phenoxy) is 1. The van der Waals surface area contributed by atoms with Crippen LogP contribution in [0.1, 0.15) is 35.4 Å². The Bertz CT molecular complexity index is 653. The molecule has 1 saturated heterocycles. The normalized spacial score (nSPS) is 23.3. The van der Waals surface area contributed by atoms with E-state index in [9.17, 15) is 0 Å². The van der Waals surface area contributed by atoms with E-state index in [1.165, 1.54) is 49.0 Å². The zero-order chi connectivity index (χ0) is 15.6. The number of benzene rings is 2. The number of hydrogen-bond acceptors (Lipinski definition) is 2. The molecule has 0 radical (unpaired) electrons. The third-order valence-electron chi connectivity index (χ3n) is 5.65. The van der Waals surface area contributed by atoms with Crippen LogP contribution in [0.15, 0.2) is 48.5 Å². The van der Waals surface area contributed by atoms with Gasteiger partial charge in [-0.2, -0.15) is 0 Å². The van der Waals surface area contributed by atoms with E-state index >= 15 is 0 Å². The topological polar surface area (TPSA) is 12.5 Å². The molecular weight excluding hydrogens is 282 g/mol. The smallest absolute Gasteiger partial charge is 0.122 e. The van der Waals surface area contributed by atoms with E-state index in [-0.39, 0.29) is 0 Å². The molecule has 120 valence electrons. The highest BCUT2D eigenvalue weighted by Crippen LogP contribution is 2.45. The first-order chi connectivity index (χ1) is 11.4. The first-order valence-electron chi connectivity index (χ1n) is 8.80. The van der Waals surface area contributed by atoms with Crippen molar-refractivity contribution in [3.05, 3.63) is 65.2 Å². The number of methoxy groups -OCH3 is 1. The van der Waals surface area contributed by atoms with Crippen molar-refractivity contribution in [3.8, 4) is 5.75 Å². The molecule has 0 N–H and O–H groups in total. The van der Waals surface area contributed by atoms with E-state index < -0.39 is 0 Å². The molecule has 0 spiro atoms. The van der Waals surface area contributed by atoms with Crippen LogP contribution >= 0.6 is 0 Å². The van der Waals surface area contributed by atoms with E-state index in [0.29, 0.717) is 12.0 Å². The molecule has 1 aliphatic carbocycles. The third-order valence-corrected chi connectivity index (χ3v) is 5.65. The van der Waals surface area contributed by atoms with Crippen LogP contribution in [-0.4, -0.2) is 31.1 Å². The highest BCUT2D eigenvalue weighted by molar-refractivity contribution is 5.46. The van der Waals surface area contributed by atoms with Crippen LogP contribution in [0.4, 0.5) is 0 Å². The van der Waals surface area contributed by atoms with Crippen LogP contribution in [0.3, 0.4) is 0 Å². The zero-order valence-corrected chi connectivity index (χ0v) is 13.9. The predicted octanol–water partition coefficient (Wildman–Crippen LogP) is 4.04. The standard InChI is InChI=1S/C21H25NO/c1-23-20-9-5-8-17-10-11-19-18(21(17)20)13-15-22(19)14-12-16-6-3-2-4-7-16/h2-9,18-19H,10-15H2,1H3/t18?,19-/m1/s1. The van der Waals surface area contributed by atoms with Crippen LogP contribution in [0.2, 0.25) is 0 Å². The van der Waals surface area contributed by atoms with Gasteiger partial charge in [0.1, 0.15) is 5.75 Å². The first kappa shape index (κ1) is 14.8. The van der Waals surface area contributed by atoms with E-state index in [0.717, 1.165) is 12.2 Å². The maximum Gasteiger partial charge on any atom is 0.122 e. The van der Waals surface area contributed by atoms with Gasteiger partial charge in [0.2, 0.25) is 0 Å². The Hall–Kier alpha value is -1.80. The molecule has 2 aliphatic rings. The summed E-state index contributed by atoms with van der Waals surface area (Å²) in [6.07, 6.45) is 4.91. The maximum absolute atomic E-state index is 5.67. The molecule has 0 bridgehead atoms. The summed E-state index contributed by atoms with van der Waals surface area (Å²) in [6, 6.07) is 18.1. The van der Waals surface area contributed by atoms with Gasteiger partial charge in [-0.25, -0.2) is 0 Å². The van der Waals surface area contributed by atoms with E-state index in [1.807, 2.05) is 0 Å². The van der Waals surface area contributed by atoms with Gasteiger partial charge in [-0.05, 0) is 49.4 Å². The average Bonchev–Trinajstić information content (AvgIpc) is 3.03. The summed E-state index contributed by atoms with van der Waals surface area (Å²) >= 11 is 0. The van der Waals surface area contributed by atoms with Crippen molar-refractivity contribution in [1.82, 2.24) is 4.90 Å². The fraction of sp³-hybridized carbons (Fsp3) is 0.429. The van der Waals surface area contributed by atoms with E-state index in [4.69, 9.17) is 4.74 Å². The number of likely N-dealkylation sites (tertiary alicyclic amines) is 1. The molecule has 4 rings (SSSR count). The minimum absolute atomic E-state index is 0.658. The largest absolute Gasteiger partial charge is 0.496 e. The molecule has 0 amide bonds. The van der Waals surface area contributed by atoms with Gasteiger partial charge >= 0.3 is 0 Å². The zero-order valence-electron chi connectivity index (χ0n) is 13.9. The second-order valence-electron chi connectivity index (χ2n) is 6.81.